The van der Waals surface area contributed by atoms with Crippen molar-refractivity contribution in [3.63, 3.8) is 0 Å². The first-order valence-electron chi connectivity index (χ1n) is 6.27. The van der Waals surface area contributed by atoms with Crippen LogP contribution in [0.4, 0.5) is 5.82 Å². The largest absolute Gasteiger partial charge is 0.383 e. The standard InChI is InChI=1S/C9H12N4.2C2H6/c1-6(2)13-4-3-7-8(10)11-5-12-9(7)13;2*1-2/h3-6H,1-2H3,(H2,10,11,12);2*1-2H3. The number of rotatable bonds is 1. The molecule has 2 aromatic rings. The molecule has 0 aliphatic carbocycles. The molecule has 0 radical (unpaired) electrons. The van der Waals surface area contributed by atoms with Crippen LogP contribution in [0.15, 0.2) is 18.6 Å². The highest BCUT2D eigenvalue weighted by atomic mass is 15.1. The Hall–Kier alpha value is -1.58. The molecular weight excluding hydrogens is 212 g/mol. The first-order valence-corrected chi connectivity index (χ1v) is 6.27. The highest BCUT2D eigenvalue weighted by Crippen LogP contribution is 2.20. The Balaban J connectivity index is 0.000000581. The SMILES string of the molecule is CC.CC.CC(C)n1ccc2c(N)ncnc21. The van der Waals surface area contributed by atoms with Gasteiger partial charge in [-0.15, -0.1) is 0 Å². The molecule has 0 amide bonds. The third-order valence-corrected chi connectivity index (χ3v) is 2.10. The van der Waals surface area contributed by atoms with Crippen LogP contribution in [0.1, 0.15) is 47.6 Å². The summed E-state index contributed by atoms with van der Waals surface area (Å²) in [4.78, 5) is 8.13. The van der Waals surface area contributed by atoms with Crippen LogP contribution in [0.25, 0.3) is 11.0 Å². The van der Waals surface area contributed by atoms with E-state index in [4.69, 9.17) is 5.73 Å². The smallest absolute Gasteiger partial charge is 0.145 e. The number of hydrogen-bond donors (Lipinski definition) is 1. The number of fused-ring (bicyclic) bond motifs is 1. The number of nitrogen functional groups attached to an aromatic ring is 1. The minimum absolute atomic E-state index is 0.395. The molecule has 0 saturated carbocycles. The quantitative estimate of drug-likeness (QED) is 0.822. The second-order valence-electron chi connectivity index (χ2n) is 3.31. The average Bonchev–Trinajstić information content (AvgIpc) is 2.79. The van der Waals surface area contributed by atoms with Crippen LogP contribution >= 0.6 is 0 Å². The fourth-order valence-electron chi connectivity index (χ4n) is 1.41. The summed E-state index contributed by atoms with van der Waals surface area (Å²) in [6.07, 6.45) is 3.48. The van der Waals surface area contributed by atoms with Crippen molar-refractivity contribution in [1.29, 1.82) is 0 Å². The monoisotopic (exact) mass is 236 g/mol. The van der Waals surface area contributed by atoms with E-state index in [-0.39, 0.29) is 0 Å². The Bertz CT molecular complexity index is 432. The van der Waals surface area contributed by atoms with Crippen molar-refractivity contribution in [3.05, 3.63) is 18.6 Å². The molecule has 0 bridgehead atoms. The lowest BCUT2D eigenvalue weighted by Gasteiger charge is -2.07. The van der Waals surface area contributed by atoms with E-state index in [1.165, 1.54) is 6.33 Å². The molecule has 96 valence electrons. The van der Waals surface area contributed by atoms with Crippen LogP contribution in [-0.4, -0.2) is 14.5 Å². The molecule has 0 aliphatic heterocycles. The number of nitrogens with two attached hydrogens (primary N) is 1. The number of hydrogen-bond acceptors (Lipinski definition) is 3. The van der Waals surface area contributed by atoms with Gasteiger partial charge < -0.3 is 10.3 Å². The average molecular weight is 236 g/mol. The molecule has 0 saturated heterocycles. The van der Waals surface area contributed by atoms with Crippen molar-refractivity contribution >= 4 is 16.9 Å². The van der Waals surface area contributed by atoms with E-state index in [0.29, 0.717) is 11.9 Å². The van der Waals surface area contributed by atoms with E-state index < -0.39 is 0 Å². The molecule has 0 spiro atoms. The van der Waals surface area contributed by atoms with E-state index in [2.05, 4.69) is 28.4 Å². The maximum Gasteiger partial charge on any atom is 0.145 e. The summed E-state index contributed by atoms with van der Waals surface area (Å²) in [7, 11) is 0. The summed E-state index contributed by atoms with van der Waals surface area (Å²) in [6, 6.07) is 2.34. The topological polar surface area (TPSA) is 56.7 Å². The lowest BCUT2D eigenvalue weighted by Crippen LogP contribution is -2.00. The fourth-order valence-corrected chi connectivity index (χ4v) is 1.41. The van der Waals surface area contributed by atoms with Crippen molar-refractivity contribution in [2.45, 2.75) is 47.6 Å². The molecule has 4 heteroatoms. The van der Waals surface area contributed by atoms with Gasteiger partial charge in [0.15, 0.2) is 0 Å². The molecule has 0 atom stereocenters. The van der Waals surface area contributed by atoms with Crippen LogP contribution in [0.5, 0.6) is 0 Å². The van der Waals surface area contributed by atoms with Gasteiger partial charge in [-0.1, -0.05) is 27.7 Å². The molecular formula is C13H24N4. The van der Waals surface area contributed by atoms with Gasteiger partial charge in [-0.25, -0.2) is 9.97 Å². The van der Waals surface area contributed by atoms with Gasteiger partial charge in [-0.3, -0.25) is 0 Å². The van der Waals surface area contributed by atoms with Gasteiger partial charge in [0.1, 0.15) is 17.8 Å². The molecule has 2 N–H and O–H groups in total. The van der Waals surface area contributed by atoms with Crippen molar-refractivity contribution < 1.29 is 0 Å². The van der Waals surface area contributed by atoms with Crippen molar-refractivity contribution in [2.75, 3.05) is 5.73 Å². The van der Waals surface area contributed by atoms with E-state index in [1.54, 1.807) is 0 Å². The Kier molecular flexibility index (Phi) is 6.94. The summed E-state index contributed by atoms with van der Waals surface area (Å²) in [5.41, 5.74) is 6.61. The van der Waals surface area contributed by atoms with Gasteiger partial charge in [0.05, 0.1) is 5.39 Å². The van der Waals surface area contributed by atoms with Gasteiger partial charge in [0, 0.05) is 12.2 Å². The summed E-state index contributed by atoms with van der Waals surface area (Å²) < 4.78 is 2.08. The molecule has 2 heterocycles. The number of anilines is 1. The summed E-state index contributed by atoms with van der Waals surface area (Å²) in [6.45, 7) is 12.2. The molecule has 2 rings (SSSR count). The maximum atomic E-state index is 5.71. The molecule has 17 heavy (non-hydrogen) atoms. The Morgan fingerprint density at radius 3 is 2.24 bits per heavy atom. The maximum absolute atomic E-state index is 5.71. The first-order chi connectivity index (χ1) is 8.20. The second-order valence-corrected chi connectivity index (χ2v) is 3.31. The van der Waals surface area contributed by atoms with Gasteiger partial charge in [0.25, 0.3) is 0 Å². The van der Waals surface area contributed by atoms with Crippen LogP contribution in [-0.2, 0) is 0 Å². The van der Waals surface area contributed by atoms with Crippen molar-refractivity contribution in [3.8, 4) is 0 Å². The van der Waals surface area contributed by atoms with E-state index >= 15 is 0 Å². The van der Waals surface area contributed by atoms with Gasteiger partial charge >= 0.3 is 0 Å². The number of aromatic nitrogens is 3. The van der Waals surface area contributed by atoms with Crippen molar-refractivity contribution in [2.24, 2.45) is 0 Å². The van der Waals surface area contributed by atoms with E-state index in [9.17, 15) is 0 Å². The third-order valence-electron chi connectivity index (χ3n) is 2.10. The summed E-state index contributed by atoms with van der Waals surface area (Å²) in [5, 5.41) is 0.927. The zero-order chi connectivity index (χ0) is 13.4. The lowest BCUT2D eigenvalue weighted by atomic mass is 10.4. The van der Waals surface area contributed by atoms with Crippen LogP contribution < -0.4 is 5.73 Å². The van der Waals surface area contributed by atoms with Crippen molar-refractivity contribution in [1.82, 2.24) is 14.5 Å². The summed E-state index contributed by atoms with van der Waals surface area (Å²) in [5.74, 6) is 0.546. The molecule has 0 aliphatic rings. The molecule has 2 aromatic heterocycles. The molecule has 0 aromatic carbocycles. The van der Waals surface area contributed by atoms with Gasteiger partial charge in [0.2, 0.25) is 0 Å². The third kappa shape index (κ3) is 3.44. The Labute approximate surface area is 104 Å². The van der Waals surface area contributed by atoms with E-state index in [0.717, 1.165) is 11.0 Å². The lowest BCUT2D eigenvalue weighted by molar-refractivity contribution is 0.617. The molecule has 0 unspecified atom stereocenters. The van der Waals surface area contributed by atoms with Gasteiger partial charge in [-0.2, -0.15) is 0 Å². The molecule has 0 fully saturated rings. The Morgan fingerprint density at radius 2 is 1.71 bits per heavy atom. The first kappa shape index (κ1) is 15.4. The number of nitrogens with zero attached hydrogens (tertiary/aromatic N) is 3. The predicted molar refractivity (Wildman–Crippen MR) is 75.0 cm³/mol. The zero-order valence-corrected chi connectivity index (χ0v) is 11.7. The predicted octanol–water partition coefficient (Wildman–Crippen LogP) is 3.65. The normalized spacial score (nSPS) is 9.35. The highest BCUT2D eigenvalue weighted by molar-refractivity contribution is 5.86. The Morgan fingerprint density at radius 1 is 1.12 bits per heavy atom. The summed E-state index contributed by atoms with van der Waals surface area (Å²) >= 11 is 0. The fraction of sp³-hybridized carbons (Fsp3) is 0.538. The van der Waals surface area contributed by atoms with E-state index in [1.807, 2.05) is 40.0 Å². The minimum Gasteiger partial charge on any atom is -0.383 e. The minimum atomic E-state index is 0.395. The molecule has 4 nitrogen and oxygen atoms in total. The second kappa shape index (κ2) is 7.65. The van der Waals surface area contributed by atoms with Crippen LogP contribution in [0.2, 0.25) is 0 Å². The van der Waals surface area contributed by atoms with Crippen LogP contribution in [0, 0.1) is 0 Å². The van der Waals surface area contributed by atoms with Crippen LogP contribution in [0.3, 0.4) is 0 Å². The van der Waals surface area contributed by atoms with Gasteiger partial charge in [-0.05, 0) is 19.9 Å². The zero-order valence-electron chi connectivity index (χ0n) is 11.7. The highest BCUT2D eigenvalue weighted by Gasteiger charge is 2.07.